The zero-order valence-corrected chi connectivity index (χ0v) is 15.4. The molecule has 8 heteroatoms. The van der Waals surface area contributed by atoms with Crippen LogP contribution in [0.5, 0.6) is 23.0 Å². The first-order valence-corrected chi connectivity index (χ1v) is 8.07. The predicted octanol–water partition coefficient (Wildman–Crippen LogP) is 1.51. The molecule has 0 aromatic heterocycles. The van der Waals surface area contributed by atoms with Gasteiger partial charge in [-0.15, -0.1) is 0 Å². The first kappa shape index (κ1) is 19.9. The van der Waals surface area contributed by atoms with Crippen molar-refractivity contribution in [1.82, 2.24) is 5.32 Å². The number of nitrogens with two attached hydrogens (primary N) is 1. The van der Waals surface area contributed by atoms with Gasteiger partial charge in [-0.05, 0) is 29.8 Å². The minimum Gasteiger partial charge on any atom is -0.493 e. The standard InChI is InChI=1S/C19H22N2O6/c1-24-15-8-12(9-16(25-2)18(15)26-3)10-21-17(22)11-27-14-7-5-4-6-13(14)19(20)23/h4-9H,10-11H2,1-3H3,(H2,20,23)(H,21,22). The molecule has 2 amide bonds. The van der Waals surface area contributed by atoms with Gasteiger partial charge in [-0.2, -0.15) is 0 Å². The number of hydrogen-bond donors (Lipinski definition) is 2. The maximum Gasteiger partial charge on any atom is 0.258 e. The molecule has 0 atom stereocenters. The highest BCUT2D eigenvalue weighted by Gasteiger charge is 2.14. The Labute approximate surface area is 157 Å². The first-order valence-electron chi connectivity index (χ1n) is 8.07. The third-order valence-electron chi connectivity index (χ3n) is 3.73. The van der Waals surface area contributed by atoms with Crippen LogP contribution in [0.2, 0.25) is 0 Å². The minimum absolute atomic E-state index is 0.218. The van der Waals surface area contributed by atoms with Crippen LogP contribution >= 0.6 is 0 Å². The molecule has 0 fully saturated rings. The van der Waals surface area contributed by atoms with Crippen molar-refractivity contribution in [3.05, 3.63) is 47.5 Å². The number of ether oxygens (including phenoxy) is 4. The van der Waals surface area contributed by atoms with E-state index in [9.17, 15) is 9.59 Å². The molecule has 0 aliphatic heterocycles. The van der Waals surface area contributed by atoms with Crippen LogP contribution in [0.1, 0.15) is 15.9 Å². The van der Waals surface area contributed by atoms with Crippen molar-refractivity contribution in [3.63, 3.8) is 0 Å². The Kier molecular flexibility index (Phi) is 6.87. The monoisotopic (exact) mass is 374 g/mol. The summed E-state index contributed by atoms with van der Waals surface area (Å²) in [5.41, 5.74) is 6.26. The molecular formula is C19H22N2O6. The Hall–Kier alpha value is -3.42. The number of carbonyl (C=O) groups is 2. The second kappa shape index (κ2) is 9.33. The fourth-order valence-corrected chi connectivity index (χ4v) is 2.43. The third kappa shape index (κ3) is 5.04. The van der Waals surface area contributed by atoms with E-state index >= 15 is 0 Å². The van der Waals surface area contributed by atoms with Crippen LogP contribution in [0.25, 0.3) is 0 Å². The van der Waals surface area contributed by atoms with Gasteiger partial charge in [0.2, 0.25) is 5.75 Å². The van der Waals surface area contributed by atoms with Crippen LogP contribution < -0.4 is 30.0 Å². The number of primary amides is 1. The molecule has 0 saturated carbocycles. The van der Waals surface area contributed by atoms with Crippen molar-refractivity contribution in [2.24, 2.45) is 5.73 Å². The molecule has 3 N–H and O–H groups in total. The molecule has 2 aromatic carbocycles. The third-order valence-corrected chi connectivity index (χ3v) is 3.73. The quantitative estimate of drug-likeness (QED) is 0.689. The second-order valence-corrected chi connectivity index (χ2v) is 5.46. The molecular weight excluding hydrogens is 352 g/mol. The lowest BCUT2D eigenvalue weighted by Gasteiger charge is -2.14. The maximum atomic E-state index is 12.1. The van der Waals surface area contributed by atoms with Crippen LogP contribution in [0.15, 0.2) is 36.4 Å². The Balaban J connectivity index is 1.99. The summed E-state index contributed by atoms with van der Waals surface area (Å²) in [6.45, 7) is -0.0227. The van der Waals surface area contributed by atoms with E-state index < -0.39 is 5.91 Å². The summed E-state index contributed by atoms with van der Waals surface area (Å²) >= 11 is 0. The van der Waals surface area contributed by atoms with E-state index in [1.807, 2.05) is 0 Å². The number of nitrogens with one attached hydrogen (secondary N) is 1. The van der Waals surface area contributed by atoms with Crippen molar-refractivity contribution in [3.8, 4) is 23.0 Å². The van der Waals surface area contributed by atoms with Crippen LogP contribution in [0.3, 0.4) is 0 Å². The number of benzene rings is 2. The maximum absolute atomic E-state index is 12.1. The lowest BCUT2D eigenvalue weighted by molar-refractivity contribution is -0.123. The molecule has 0 spiro atoms. The predicted molar refractivity (Wildman–Crippen MR) is 98.4 cm³/mol. The number of amides is 2. The molecule has 0 heterocycles. The number of methoxy groups -OCH3 is 3. The van der Waals surface area contributed by atoms with Gasteiger partial charge in [-0.25, -0.2) is 0 Å². The topological polar surface area (TPSA) is 109 Å². The zero-order valence-electron chi connectivity index (χ0n) is 15.4. The van der Waals surface area contributed by atoms with Gasteiger partial charge in [0, 0.05) is 6.54 Å². The highest BCUT2D eigenvalue weighted by atomic mass is 16.5. The molecule has 8 nitrogen and oxygen atoms in total. The van der Waals surface area contributed by atoms with E-state index in [1.165, 1.54) is 27.4 Å². The van der Waals surface area contributed by atoms with Gasteiger partial charge in [-0.1, -0.05) is 12.1 Å². The molecule has 27 heavy (non-hydrogen) atoms. The van der Waals surface area contributed by atoms with E-state index in [0.29, 0.717) is 17.2 Å². The second-order valence-electron chi connectivity index (χ2n) is 5.46. The van der Waals surface area contributed by atoms with Gasteiger partial charge in [0.15, 0.2) is 18.1 Å². The van der Waals surface area contributed by atoms with Crippen LogP contribution in [-0.2, 0) is 11.3 Å². The minimum atomic E-state index is -0.622. The largest absolute Gasteiger partial charge is 0.493 e. The molecule has 0 bridgehead atoms. The van der Waals surface area contributed by atoms with Gasteiger partial charge >= 0.3 is 0 Å². The van der Waals surface area contributed by atoms with Gasteiger partial charge in [0.25, 0.3) is 11.8 Å². The number of rotatable bonds is 9. The fraction of sp³-hybridized carbons (Fsp3) is 0.263. The Morgan fingerprint density at radius 1 is 0.963 bits per heavy atom. The summed E-state index contributed by atoms with van der Waals surface area (Å²) < 4.78 is 21.2. The number of hydrogen-bond acceptors (Lipinski definition) is 6. The summed E-state index contributed by atoms with van der Waals surface area (Å²) in [6, 6.07) is 9.95. The SMILES string of the molecule is COc1cc(CNC(=O)COc2ccccc2C(N)=O)cc(OC)c1OC. The summed E-state index contributed by atoms with van der Waals surface area (Å²) in [4.78, 5) is 23.4. The summed E-state index contributed by atoms with van der Waals surface area (Å²) in [5, 5.41) is 2.73. The van der Waals surface area contributed by atoms with E-state index in [4.69, 9.17) is 24.7 Å². The molecule has 0 unspecified atom stereocenters. The van der Waals surface area contributed by atoms with E-state index in [0.717, 1.165) is 5.56 Å². The van der Waals surface area contributed by atoms with Gasteiger partial charge < -0.3 is 30.0 Å². The Bertz CT molecular complexity index is 797. The van der Waals surface area contributed by atoms with Gasteiger partial charge in [0.05, 0.1) is 26.9 Å². The molecule has 0 saturated heterocycles. The Morgan fingerprint density at radius 2 is 1.59 bits per heavy atom. The van der Waals surface area contributed by atoms with E-state index in [1.54, 1.807) is 30.3 Å². The van der Waals surface area contributed by atoms with Gasteiger partial charge in [-0.3, -0.25) is 9.59 Å². The van der Waals surface area contributed by atoms with Crippen LogP contribution in [0.4, 0.5) is 0 Å². The molecule has 144 valence electrons. The van der Waals surface area contributed by atoms with E-state index in [-0.39, 0.29) is 30.4 Å². The van der Waals surface area contributed by atoms with Crippen LogP contribution in [0, 0.1) is 0 Å². The van der Waals surface area contributed by atoms with Gasteiger partial charge in [0.1, 0.15) is 5.75 Å². The normalized spacial score (nSPS) is 10.0. The highest BCUT2D eigenvalue weighted by molar-refractivity contribution is 5.95. The van der Waals surface area contributed by atoms with Crippen LogP contribution in [-0.4, -0.2) is 39.8 Å². The average Bonchev–Trinajstić information content (AvgIpc) is 2.69. The van der Waals surface area contributed by atoms with E-state index in [2.05, 4.69) is 5.32 Å². The number of para-hydroxylation sites is 1. The first-order chi connectivity index (χ1) is 13.0. The fourth-order valence-electron chi connectivity index (χ4n) is 2.43. The average molecular weight is 374 g/mol. The van der Waals surface area contributed by atoms with Crippen molar-refractivity contribution >= 4 is 11.8 Å². The molecule has 2 rings (SSSR count). The summed E-state index contributed by atoms with van der Waals surface area (Å²) in [6.07, 6.45) is 0. The Morgan fingerprint density at radius 3 is 2.15 bits per heavy atom. The highest BCUT2D eigenvalue weighted by Crippen LogP contribution is 2.38. The summed E-state index contributed by atoms with van der Waals surface area (Å²) in [7, 11) is 4.55. The summed E-state index contributed by atoms with van der Waals surface area (Å²) in [5.74, 6) is 0.737. The van der Waals surface area contributed by atoms with Crippen molar-refractivity contribution < 1.29 is 28.5 Å². The number of carbonyl (C=O) groups excluding carboxylic acids is 2. The molecule has 0 aliphatic carbocycles. The zero-order chi connectivity index (χ0) is 19.8. The van der Waals surface area contributed by atoms with Crippen molar-refractivity contribution in [2.45, 2.75) is 6.54 Å². The molecule has 2 aromatic rings. The van der Waals surface area contributed by atoms with Crippen molar-refractivity contribution in [2.75, 3.05) is 27.9 Å². The van der Waals surface area contributed by atoms with Crippen molar-refractivity contribution in [1.29, 1.82) is 0 Å². The lowest BCUT2D eigenvalue weighted by Crippen LogP contribution is -2.29. The smallest absolute Gasteiger partial charge is 0.258 e. The molecule has 0 radical (unpaired) electrons. The molecule has 0 aliphatic rings. The lowest BCUT2D eigenvalue weighted by atomic mass is 10.1.